The minimum atomic E-state index is -2.62. The molecule has 2 aliphatic heterocycles. The van der Waals surface area contributed by atoms with Gasteiger partial charge < -0.3 is 14.8 Å². The summed E-state index contributed by atoms with van der Waals surface area (Å²) in [7, 11) is 0. The van der Waals surface area contributed by atoms with E-state index in [1.54, 1.807) is 0 Å². The first-order valence-electron chi connectivity index (χ1n) is 10.9. The van der Waals surface area contributed by atoms with Crippen molar-refractivity contribution >= 4 is 22.8 Å². The Kier molecular flexibility index (Phi) is 3.36. The van der Waals surface area contributed by atoms with E-state index in [4.69, 9.17) is 13.6 Å². The van der Waals surface area contributed by atoms with Crippen molar-refractivity contribution in [3.8, 4) is 5.75 Å². The highest BCUT2D eigenvalue weighted by molar-refractivity contribution is 5.73. The molecule has 1 aromatic carbocycles. The maximum Gasteiger partial charge on any atom is 0.330 e. The monoisotopic (exact) mass is 384 g/mol. The van der Waals surface area contributed by atoms with Crippen LogP contribution in [0.4, 0.5) is 11.6 Å². The Morgan fingerprint density at radius 3 is 2.96 bits per heavy atom. The number of nitrogens with zero attached hydrogens (tertiary/aromatic N) is 4. The Balaban J connectivity index is 1.61. The molecule has 0 atom stereocenters. The van der Waals surface area contributed by atoms with E-state index in [-0.39, 0.29) is 11.6 Å². The largest absolute Gasteiger partial charge is 0.493 e. The average molecular weight is 384 g/mol. The van der Waals surface area contributed by atoms with Crippen molar-refractivity contribution in [2.45, 2.75) is 32.2 Å². The second-order valence-electron chi connectivity index (χ2n) is 7.23. The molecule has 0 bridgehead atoms. The minimum Gasteiger partial charge on any atom is -0.493 e. The van der Waals surface area contributed by atoms with Crippen molar-refractivity contribution < 1.29 is 13.6 Å². The second-order valence-corrected chi connectivity index (χ2v) is 7.23. The van der Waals surface area contributed by atoms with Gasteiger partial charge in [-0.3, -0.25) is 9.13 Å². The number of aryl methyl sites for hydroxylation is 2. The normalized spacial score (nSPS) is 19.0. The lowest BCUT2D eigenvalue weighted by molar-refractivity contribution is 0.0695. The molecule has 0 amide bonds. The molecule has 3 aromatic rings. The molecule has 0 saturated carbocycles. The lowest BCUT2D eigenvalue weighted by Gasteiger charge is -2.22. The Hall–Kier alpha value is -2.87. The van der Waals surface area contributed by atoms with E-state index in [1.165, 1.54) is 10.8 Å². The SMILES string of the molecule is [2H]C([2H])([2H])n1c(=O)n(C2CCOCC2)c2nc(Nc3cc4c(cc3C)OCC4)ncc21. The predicted octanol–water partition coefficient (Wildman–Crippen LogP) is 2.47. The molecule has 5 rings (SSSR count). The molecule has 1 saturated heterocycles. The first kappa shape index (κ1) is 14.2. The van der Waals surface area contributed by atoms with E-state index in [2.05, 4.69) is 15.3 Å². The van der Waals surface area contributed by atoms with Gasteiger partial charge in [0.25, 0.3) is 0 Å². The van der Waals surface area contributed by atoms with Crippen molar-refractivity contribution in [1.29, 1.82) is 0 Å². The summed E-state index contributed by atoms with van der Waals surface area (Å²) in [5.74, 6) is 1.19. The molecular formula is C20H23N5O3. The molecular weight excluding hydrogens is 358 g/mol. The number of nitrogens with one attached hydrogen (secondary N) is 1. The minimum absolute atomic E-state index is 0.172. The van der Waals surface area contributed by atoms with E-state index >= 15 is 0 Å². The van der Waals surface area contributed by atoms with Gasteiger partial charge in [0, 0.05) is 42.5 Å². The molecule has 0 radical (unpaired) electrons. The molecule has 146 valence electrons. The van der Waals surface area contributed by atoms with Gasteiger partial charge in [-0.1, -0.05) is 0 Å². The van der Waals surface area contributed by atoms with E-state index in [0.29, 0.717) is 44.3 Å². The summed E-state index contributed by atoms with van der Waals surface area (Å²) in [5, 5.41) is 3.22. The van der Waals surface area contributed by atoms with Crippen LogP contribution in [0.5, 0.6) is 5.75 Å². The summed E-state index contributed by atoms with van der Waals surface area (Å²) in [6, 6.07) is 3.82. The summed E-state index contributed by atoms with van der Waals surface area (Å²) < 4.78 is 36.8. The third-order valence-corrected chi connectivity index (χ3v) is 5.46. The molecule has 2 aromatic heterocycles. The summed E-state index contributed by atoms with van der Waals surface area (Å²) in [6.07, 6.45) is 3.49. The van der Waals surface area contributed by atoms with Gasteiger partial charge in [-0.2, -0.15) is 4.98 Å². The smallest absolute Gasteiger partial charge is 0.330 e. The molecule has 2 aliphatic rings. The standard InChI is InChI=1S/C20H23N5O3/c1-12-9-17-13(3-8-28-17)10-15(12)22-19-21-11-16-18(23-19)25(20(26)24(16)2)14-4-6-27-7-5-14/h9-11,14H,3-8H2,1-2H3,(H,21,22,23)/i2D3. The van der Waals surface area contributed by atoms with E-state index in [9.17, 15) is 4.79 Å². The molecule has 1 N–H and O–H groups in total. The fourth-order valence-electron chi connectivity index (χ4n) is 3.92. The third kappa shape index (κ3) is 2.75. The molecule has 8 heteroatoms. The van der Waals surface area contributed by atoms with Gasteiger partial charge in [0.05, 0.1) is 12.8 Å². The molecule has 4 heterocycles. The van der Waals surface area contributed by atoms with Gasteiger partial charge >= 0.3 is 5.69 Å². The molecule has 0 aliphatic carbocycles. The number of benzene rings is 1. The first-order valence-corrected chi connectivity index (χ1v) is 9.44. The molecule has 0 spiro atoms. The van der Waals surface area contributed by atoms with Gasteiger partial charge in [0.1, 0.15) is 11.3 Å². The zero-order chi connectivity index (χ0) is 21.8. The van der Waals surface area contributed by atoms with Crippen LogP contribution in [0.2, 0.25) is 0 Å². The Morgan fingerprint density at radius 1 is 1.29 bits per heavy atom. The lowest BCUT2D eigenvalue weighted by atomic mass is 10.1. The zero-order valence-electron chi connectivity index (χ0n) is 18.6. The first-order chi connectivity index (χ1) is 14.8. The fraction of sp³-hybridized carbons (Fsp3) is 0.450. The van der Waals surface area contributed by atoms with Crippen LogP contribution in [0.3, 0.4) is 0 Å². The molecule has 0 unspecified atom stereocenters. The van der Waals surface area contributed by atoms with Crippen LogP contribution in [0.25, 0.3) is 11.2 Å². The van der Waals surface area contributed by atoms with Crippen molar-refractivity contribution in [2.24, 2.45) is 6.98 Å². The highest BCUT2D eigenvalue weighted by Gasteiger charge is 2.23. The molecule has 28 heavy (non-hydrogen) atoms. The van der Waals surface area contributed by atoms with Crippen LogP contribution in [0.15, 0.2) is 23.1 Å². The number of hydrogen-bond acceptors (Lipinski definition) is 6. The predicted molar refractivity (Wildman–Crippen MR) is 106 cm³/mol. The van der Waals surface area contributed by atoms with Crippen LogP contribution in [-0.2, 0) is 18.1 Å². The number of rotatable bonds is 3. The number of hydrogen-bond donors (Lipinski definition) is 1. The van der Waals surface area contributed by atoms with E-state index in [1.807, 2.05) is 19.1 Å². The quantitative estimate of drug-likeness (QED) is 0.747. The van der Waals surface area contributed by atoms with E-state index < -0.39 is 12.7 Å². The van der Waals surface area contributed by atoms with Gasteiger partial charge in [-0.25, -0.2) is 9.78 Å². The number of fused-ring (bicyclic) bond motifs is 2. The van der Waals surface area contributed by atoms with Crippen molar-refractivity contribution in [2.75, 3.05) is 25.1 Å². The summed E-state index contributed by atoms with van der Waals surface area (Å²) in [4.78, 5) is 22.0. The maximum atomic E-state index is 13.1. The Labute approximate surface area is 166 Å². The highest BCUT2D eigenvalue weighted by atomic mass is 16.5. The Morgan fingerprint density at radius 2 is 2.14 bits per heavy atom. The summed E-state index contributed by atoms with van der Waals surface area (Å²) >= 11 is 0. The summed E-state index contributed by atoms with van der Waals surface area (Å²) in [6.45, 7) is 1.04. The fourth-order valence-corrected chi connectivity index (χ4v) is 3.92. The Bertz CT molecular complexity index is 1210. The highest BCUT2D eigenvalue weighted by Crippen LogP contribution is 2.32. The summed E-state index contributed by atoms with van der Waals surface area (Å²) in [5.41, 5.74) is 2.85. The van der Waals surface area contributed by atoms with Gasteiger partial charge in [-0.15, -0.1) is 0 Å². The number of aromatic nitrogens is 4. The van der Waals surface area contributed by atoms with E-state index in [0.717, 1.165) is 33.6 Å². The average Bonchev–Trinajstić information content (AvgIpc) is 3.29. The van der Waals surface area contributed by atoms with Crippen LogP contribution >= 0.6 is 0 Å². The van der Waals surface area contributed by atoms with Crippen molar-refractivity contribution in [3.63, 3.8) is 0 Å². The van der Waals surface area contributed by atoms with Crippen molar-refractivity contribution in [3.05, 3.63) is 39.9 Å². The topological polar surface area (TPSA) is 83.2 Å². The van der Waals surface area contributed by atoms with Crippen LogP contribution in [0.1, 0.15) is 34.1 Å². The number of imidazole rings is 1. The third-order valence-electron chi connectivity index (χ3n) is 5.46. The molecule has 8 nitrogen and oxygen atoms in total. The van der Waals surface area contributed by atoms with Crippen LogP contribution in [0, 0.1) is 6.92 Å². The second kappa shape index (κ2) is 6.63. The van der Waals surface area contributed by atoms with Crippen LogP contribution < -0.4 is 15.7 Å². The van der Waals surface area contributed by atoms with Gasteiger partial charge in [-0.05, 0) is 43.0 Å². The molecule has 1 fully saturated rings. The lowest BCUT2D eigenvalue weighted by Crippen LogP contribution is -2.30. The number of ether oxygens (including phenoxy) is 2. The number of anilines is 2. The zero-order valence-corrected chi connectivity index (χ0v) is 15.6. The van der Waals surface area contributed by atoms with Crippen LogP contribution in [-0.4, -0.2) is 38.9 Å². The van der Waals surface area contributed by atoms with Crippen molar-refractivity contribution in [1.82, 2.24) is 19.1 Å². The van der Waals surface area contributed by atoms with Gasteiger partial charge in [0.15, 0.2) is 5.65 Å². The maximum absolute atomic E-state index is 13.1. The van der Waals surface area contributed by atoms with Gasteiger partial charge in [0.2, 0.25) is 5.95 Å².